The van der Waals surface area contributed by atoms with Crippen molar-refractivity contribution in [2.45, 2.75) is 40.5 Å². The highest BCUT2D eigenvalue weighted by Crippen LogP contribution is 2.37. The van der Waals surface area contributed by atoms with Gasteiger partial charge in [0.05, 0.1) is 11.3 Å². The van der Waals surface area contributed by atoms with Gasteiger partial charge in [-0.2, -0.15) is 0 Å². The highest BCUT2D eigenvalue weighted by Gasteiger charge is 2.43. The summed E-state index contributed by atoms with van der Waals surface area (Å²) in [4.78, 5) is 30.7. The quantitative estimate of drug-likeness (QED) is 0.689. The second-order valence-electron chi connectivity index (χ2n) is 8.91. The van der Waals surface area contributed by atoms with Gasteiger partial charge in [0.15, 0.2) is 0 Å². The molecule has 30 heavy (non-hydrogen) atoms. The maximum Gasteiger partial charge on any atom is 0.282 e. The Balaban J connectivity index is 1.80. The third kappa shape index (κ3) is 3.67. The van der Waals surface area contributed by atoms with Crippen LogP contribution in [0.25, 0.3) is 5.57 Å². The Morgan fingerprint density at radius 2 is 1.47 bits per heavy atom. The Morgan fingerprint density at radius 1 is 0.867 bits per heavy atom. The molecule has 0 saturated carbocycles. The minimum absolute atomic E-state index is 0.207. The summed E-state index contributed by atoms with van der Waals surface area (Å²) in [6.07, 6.45) is 2.07. The molecular formula is C26H30N2O2. The van der Waals surface area contributed by atoms with Crippen molar-refractivity contribution in [1.82, 2.24) is 4.90 Å². The number of nitrogens with zero attached hydrogens (tertiary/aromatic N) is 2. The maximum atomic E-state index is 13.6. The third-order valence-electron chi connectivity index (χ3n) is 6.19. The first-order chi connectivity index (χ1) is 14.4. The van der Waals surface area contributed by atoms with Crippen molar-refractivity contribution in [2.24, 2.45) is 11.8 Å². The number of amides is 2. The molecule has 2 aliphatic heterocycles. The van der Waals surface area contributed by atoms with Crippen LogP contribution in [0.3, 0.4) is 0 Å². The van der Waals surface area contributed by atoms with E-state index in [9.17, 15) is 9.59 Å². The van der Waals surface area contributed by atoms with E-state index in [1.54, 1.807) is 0 Å². The topological polar surface area (TPSA) is 40.6 Å². The van der Waals surface area contributed by atoms with Gasteiger partial charge in [0.25, 0.3) is 11.8 Å². The van der Waals surface area contributed by atoms with E-state index in [2.05, 4.69) is 25.7 Å². The number of piperidine rings is 1. The van der Waals surface area contributed by atoms with E-state index < -0.39 is 0 Å². The van der Waals surface area contributed by atoms with Crippen molar-refractivity contribution in [2.75, 3.05) is 18.0 Å². The maximum absolute atomic E-state index is 13.6. The Labute approximate surface area is 179 Å². The lowest BCUT2D eigenvalue weighted by atomic mass is 9.91. The summed E-state index contributed by atoms with van der Waals surface area (Å²) in [5.41, 5.74) is 4.85. The van der Waals surface area contributed by atoms with E-state index in [1.807, 2.05) is 55.5 Å². The van der Waals surface area contributed by atoms with Crippen molar-refractivity contribution < 1.29 is 9.59 Å². The molecule has 2 aromatic carbocycles. The summed E-state index contributed by atoms with van der Waals surface area (Å²) in [6, 6.07) is 15.6. The normalized spacial score (nSPS) is 22.3. The average Bonchev–Trinajstić information content (AvgIpc) is 2.98. The minimum atomic E-state index is -0.228. The van der Waals surface area contributed by atoms with Gasteiger partial charge in [-0.05, 0) is 54.9 Å². The second kappa shape index (κ2) is 8.10. The van der Waals surface area contributed by atoms with E-state index in [0.717, 1.165) is 37.1 Å². The summed E-state index contributed by atoms with van der Waals surface area (Å²) in [6.45, 7) is 10.2. The van der Waals surface area contributed by atoms with Crippen LogP contribution in [0.5, 0.6) is 0 Å². The van der Waals surface area contributed by atoms with Crippen molar-refractivity contribution in [1.29, 1.82) is 0 Å². The van der Waals surface area contributed by atoms with Gasteiger partial charge in [-0.25, -0.2) is 4.90 Å². The summed E-state index contributed by atoms with van der Waals surface area (Å²) < 4.78 is 0. The number of carbonyl (C=O) groups excluding carboxylic acids is 2. The predicted molar refractivity (Wildman–Crippen MR) is 121 cm³/mol. The lowest BCUT2D eigenvalue weighted by Gasteiger charge is -2.37. The van der Waals surface area contributed by atoms with Crippen molar-refractivity contribution in [3.63, 3.8) is 0 Å². The molecule has 4 rings (SSSR count). The Bertz CT molecular complexity index is 979. The molecule has 4 heteroatoms. The van der Waals surface area contributed by atoms with Crippen LogP contribution in [0.2, 0.25) is 0 Å². The molecule has 0 aliphatic carbocycles. The van der Waals surface area contributed by atoms with Crippen LogP contribution in [0.15, 0.2) is 54.2 Å². The number of benzene rings is 2. The molecule has 2 amide bonds. The van der Waals surface area contributed by atoms with Gasteiger partial charge in [0, 0.05) is 13.1 Å². The number of hydrogen-bond acceptors (Lipinski definition) is 3. The number of carbonyl (C=O) groups is 2. The van der Waals surface area contributed by atoms with E-state index in [-0.39, 0.29) is 11.8 Å². The van der Waals surface area contributed by atoms with Crippen molar-refractivity contribution >= 4 is 23.1 Å². The van der Waals surface area contributed by atoms with Gasteiger partial charge >= 0.3 is 0 Å². The summed E-state index contributed by atoms with van der Waals surface area (Å²) in [5, 5.41) is 0. The largest absolute Gasteiger partial charge is 0.366 e. The number of imide groups is 1. The molecule has 0 aromatic heterocycles. The smallest absolute Gasteiger partial charge is 0.282 e. The number of likely N-dealkylation sites (tertiary alicyclic amines) is 1. The predicted octanol–water partition coefficient (Wildman–Crippen LogP) is 4.82. The number of anilines is 1. The molecule has 0 radical (unpaired) electrons. The van der Waals surface area contributed by atoms with Gasteiger partial charge in [-0.1, -0.05) is 62.7 Å². The van der Waals surface area contributed by atoms with Crippen LogP contribution in [0, 0.1) is 18.8 Å². The molecule has 2 unspecified atom stereocenters. The first-order valence-electron chi connectivity index (χ1n) is 10.9. The first kappa shape index (κ1) is 20.4. The zero-order valence-electron chi connectivity index (χ0n) is 18.3. The molecule has 0 spiro atoms. The molecule has 0 bridgehead atoms. The van der Waals surface area contributed by atoms with Gasteiger partial charge in [-0.15, -0.1) is 0 Å². The number of aryl methyl sites for hydroxylation is 2. The number of rotatable bonds is 4. The molecule has 4 nitrogen and oxygen atoms in total. The van der Waals surface area contributed by atoms with Crippen LogP contribution in [-0.4, -0.2) is 29.8 Å². The van der Waals surface area contributed by atoms with E-state index in [0.29, 0.717) is 28.8 Å². The van der Waals surface area contributed by atoms with E-state index in [1.165, 1.54) is 10.5 Å². The molecule has 2 atom stereocenters. The second-order valence-corrected chi connectivity index (χ2v) is 8.91. The lowest BCUT2D eigenvalue weighted by Crippen LogP contribution is -2.42. The zero-order chi connectivity index (χ0) is 21.4. The highest BCUT2D eigenvalue weighted by molar-refractivity contribution is 6.45. The summed E-state index contributed by atoms with van der Waals surface area (Å²) in [7, 11) is 0. The standard InChI is InChI=1S/C26H30N2O2/c1-5-20-8-12-22(13-9-20)28-25(29)23(21-10-6-17(2)7-11-21)24(26(28)30)27-15-18(3)14-19(4)16-27/h6-13,18-19H,5,14-16H2,1-4H3. The van der Waals surface area contributed by atoms with Crippen LogP contribution in [0.4, 0.5) is 5.69 Å². The summed E-state index contributed by atoms with van der Waals surface area (Å²) in [5.74, 6) is 0.540. The fourth-order valence-electron chi connectivity index (χ4n) is 4.75. The molecular weight excluding hydrogens is 372 g/mol. The number of hydrogen-bond donors (Lipinski definition) is 0. The Kier molecular flexibility index (Phi) is 5.50. The van der Waals surface area contributed by atoms with Crippen LogP contribution < -0.4 is 4.90 Å². The van der Waals surface area contributed by atoms with Gasteiger partial charge in [0.1, 0.15) is 5.70 Å². The SMILES string of the molecule is CCc1ccc(N2C(=O)C(c3ccc(C)cc3)=C(N3CC(C)CC(C)C3)C2=O)cc1. The van der Waals surface area contributed by atoms with Crippen molar-refractivity contribution in [3.05, 3.63) is 70.9 Å². The molecule has 1 fully saturated rings. The van der Waals surface area contributed by atoms with Gasteiger partial charge in [-0.3, -0.25) is 9.59 Å². The molecule has 1 saturated heterocycles. The van der Waals surface area contributed by atoms with Gasteiger partial charge < -0.3 is 4.90 Å². The molecule has 156 valence electrons. The molecule has 0 N–H and O–H groups in total. The van der Waals surface area contributed by atoms with E-state index in [4.69, 9.17) is 0 Å². The van der Waals surface area contributed by atoms with Crippen molar-refractivity contribution in [3.8, 4) is 0 Å². The van der Waals surface area contributed by atoms with Gasteiger partial charge in [0.2, 0.25) is 0 Å². The zero-order valence-corrected chi connectivity index (χ0v) is 18.3. The summed E-state index contributed by atoms with van der Waals surface area (Å²) >= 11 is 0. The monoisotopic (exact) mass is 402 g/mol. The van der Waals surface area contributed by atoms with Crippen LogP contribution >= 0.6 is 0 Å². The van der Waals surface area contributed by atoms with Crippen LogP contribution in [0.1, 0.15) is 43.9 Å². The molecule has 2 aliphatic rings. The Morgan fingerprint density at radius 3 is 2.03 bits per heavy atom. The molecule has 2 heterocycles. The third-order valence-corrected chi connectivity index (χ3v) is 6.19. The average molecular weight is 403 g/mol. The van der Waals surface area contributed by atoms with E-state index >= 15 is 0 Å². The fraction of sp³-hybridized carbons (Fsp3) is 0.385. The first-order valence-corrected chi connectivity index (χ1v) is 10.9. The molecule has 2 aromatic rings. The minimum Gasteiger partial charge on any atom is -0.366 e. The fourth-order valence-corrected chi connectivity index (χ4v) is 4.75. The highest BCUT2D eigenvalue weighted by atomic mass is 16.2. The van der Waals surface area contributed by atoms with Crippen LogP contribution in [-0.2, 0) is 16.0 Å². The lowest BCUT2D eigenvalue weighted by molar-refractivity contribution is -0.120. The Hall–Kier alpha value is -2.88.